The van der Waals surface area contributed by atoms with E-state index in [0.29, 0.717) is 0 Å². The van der Waals surface area contributed by atoms with Gasteiger partial charge in [0.1, 0.15) is 0 Å². The van der Waals surface area contributed by atoms with Gasteiger partial charge in [0.25, 0.3) is 0 Å². The van der Waals surface area contributed by atoms with Gasteiger partial charge in [-0.05, 0) is 232 Å². The summed E-state index contributed by atoms with van der Waals surface area (Å²) >= 11 is 0. The van der Waals surface area contributed by atoms with Crippen LogP contribution in [-0.2, 0) is 21.7 Å². The van der Waals surface area contributed by atoms with Crippen molar-refractivity contribution in [1.82, 2.24) is 9.13 Å². The summed E-state index contributed by atoms with van der Waals surface area (Å²) in [5.74, 6) is 0. The molecule has 2 heterocycles. The van der Waals surface area contributed by atoms with Crippen LogP contribution in [0.2, 0.25) is 0 Å². The van der Waals surface area contributed by atoms with Crippen LogP contribution >= 0.6 is 0 Å². The predicted molar refractivity (Wildman–Crippen MR) is 421 cm³/mol. The second-order valence-electron chi connectivity index (χ2n) is 31.0. The molecule has 0 atom stereocenters. The summed E-state index contributed by atoms with van der Waals surface area (Å²) in [6.07, 6.45) is 19.3. The molecule has 0 aliphatic heterocycles. The van der Waals surface area contributed by atoms with E-state index in [4.69, 9.17) is 0 Å². The highest BCUT2D eigenvalue weighted by Crippen LogP contribution is 2.64. The summed E-state index contributed by atoms with van der Waals surface area (Å²) in [5.41, 5.74) is 40.3. The Bertz CT molecular complexity index is 5700. The third-order valence-electron chi connectivity index (χ3n) is 25.2. The second kappa shape index (κ2) is 21.2. The molecule has 100 heavy (non-hydrogen) atoms. The zero-order valence-corrected chi connectivity index (χ0v) is 57.3. The molecule has 2 aromatic heterocycles. The first-order chi connectivity index (χ1) is 49.0. The monoisotopic (exact) mass is 1280 g/mol. The van der Waals surface area contributed by atoms with Crippen LogP contribution in [0.4, 0.5) is 0 Å². The van der Waals surface area contributed by atoms with Crippen LogP contribution in [0.25, 0.3) is 146 Å². The molecule has 15 aromatic rings. The van der Waals surface area contributed by atoms with Crippen molar-refractivity contribution >= 4 is 67.9 Å². The molecule has 0 unspecified atom stereocenters. The molecule has 478 valence electrons. The Morgan fingerprint density at radius 2 is 0.570 bits per heavy atom. The minimum Gasteiger partial charge on any atom is -0.309 e. The van der Waals surface area contributed by atoms with Gasteiger partial charge in [-0.2, -0.15) is 0 Å². The summed E-state index contributed by atoms with van der Waals surface area (Å²) in [6, 6.07) is 103. The third-order valence-corrected chi connectivity index (χ3v) is 25.2. The molecule has 0 bridgehead atoms. The van der Waals surface area contributed by atoms with E-state index in [1.54, 1.807) is 22.3 Å². The van der Waals surface area contributed by atoms with E-state index in [-0.39, 0.29) is 21.7 Å². The molecule has 13 aromatic carbocycles. The van der Waals surface area contributed by atoms with Crippen molar-refractivity contribution in [3.63, 3.8) is 0 Å². The maximum absolute atomic E-state index is 2.70. The molecule has 2 spiro atoms. The van der Waals surface area contributed by atoms with Crippen molar-refractivity contribution in [2.45, 2.75) is 101 Å². The predicted octanol–water partition coefficient (Wildman–Crippen LogP) is 25.8. The lowest BCUT2D eigenvalue weighted by molar-refractivity contribution is 0.543. The average molecular weight is 1280 g/mol. The maximum atomic E-state index is 2.70. The quantitative estimate of drug-likeness (QED) is 0.134. The summed E-state index contributed by atoms with van der Waals surface area (Å²) in [7, 11) is 0. The van der Waals surface area contributed by atoms with Crippen molar-refractivity contribution in [2.75, 3.05) is 0 Å². The first-order valence-electron chi connectivity index (χ1n) is 36.6. The number of fused-ring (bicyclic) bond motifs is 22. The number of benzene rings is 13. The summed E-state index contributed by atoms with van der Waals surface area (Å²) in [4.78, 5) is 0. The standard InChI is InChI=1S/C98H76N2/c1-95(2)83-21-9-5-17-71(83)73-45-41-69(57-85(73)95)99-91-23-11-7-19-77(91)81-55-67(39-47-93(81)99)65-35-29-61(30-36-65)25-27-63-33-43-75-79-59-90-80(60-89(79)97(87(75)53-63)49-13-14-50-97)76-44-34-64(54-88(76)98(90)51-15-16-52-98)28-26-62-31-37-66(38-32-62)68-40-48-94-82(56-68)78-20-8-12-24-92(78)100(94)70-42-46-74-72-18-6-10-22-84(72)96(3,4)86(74)58-70/h5-12,17-48,53-60H,13-16,49-52H2,1-4H3. The van der Waals surface area contributed by atoms with E-state index in [1.807, 2.05) is 0 Å². The Morgan fingerprint density at radius 3 is 1.01 bits per heavy atom. The molecule has 0 radical (unpaired) electrons. The maximum Gasteiger partial charge on any atom is 0.0541 e. The molecular formula is C98H76N2. The van der Waals surface area contributed by atoms with Crippen molar-refractivity contribution in [3.05, 3.63) is 334 Å². The van der Waals surface area contributed by atoms with Gasteiger partial charge in [-0.25, -0.2) is 0 Å². The highest BCUT2D eigenvalue weighted by molar-refractivity contribution is 6.12. The van der Waals surface area contributed by atoms with Gasteiger partial charge in [-0.1, -0.05) is 272 Å². The minimum atomic E-state index is -0.0641. The molecule has 6 aliphatic carbocycles. The van der Waals surface area contributed by atoms with E-state index in [2.05, 4.69) is 328 Å². The van der Waals surface area contributed by atoms with E-state index in [1.165, 1.54) is 218 Å². The van der Waals surface area contributed by atoms with E-state index in [0.717, 1.165) is 0 Å². The van der Waals surface area contributed by atoms with Gasteiger partial charge < -0.3 is 9.13 Å². The van der Waals surface area contributed by atoms with Crippen LogP contribution in [-0.4, -0.2) is 9.13 Å². The van der Waals surface area contributed by atoms with Gasteiger partial charge in [0.05, 0.1) is 22.1 Å². The Morgan fingerprint density at radius 1 is 0.240 bits per heavy atom. The Kier molecular flexibility index (Phi) is 12.3. The lowest BCUT2D eigenvalue weighted by Crippen LogP contribution is -2.22. The highest BCUT2D eigenvalue weighted by atomic mass is 15.0. The largest absolute Gasteiger partial charge is 0.309 e. The van der Waals surface area contributed by atoms with E-state index in [9.17, 15) is 0 Å². The van der Waals surface area contributed by atoms with Crippen LogP contribution in [0.3, 0.4) is 0 Å². The van der Waals surface area contributed by atoms with Gasteiger partial charge in [-0.3, -0.25) is 0 Å². The third kappa shape index (κ3) is 8.25. The SMILES string of the molecule is CC1(C)c2ccccc2-c2ccc(-n3c4ccccc4c4cc(-c5ccc(C=Cc6ccc7c(c6)C6(CCCC6)c6cc8c(cc6-7)C6(CCCC6)c6cc(C=Cc7ccc(-c9ccc%10c(c9)c9ccccc9n%10-c9ccc%10c(c9)C(C)(C)c9ccccc9-%10)cc7)ccc6-8)cc5)ccc43)cc21. The van der Waals surface area contributed by atoms with Gasteiger partial charge in [-0.15, -0.1) is 0 Å². The van der Waals surface area contributed by atoms with Gasteiger partial charge in [0, 0.05) is 54.6 Å². The van der Waals surface area contributed by atoms with Crippen LogP contribution in [0.15, 0.2) is 267 Å². The lowest BCUT2D eigenvalue weighted by Gasteiger charge is -2.29. The molecule has 0 N–H and O–H groups in total. The molecule has 21 rings (SSSR count). The highest BCUT2D eigenvalue weighted by Gasteiger charge is 2.50. The smallest absolute Gasteiger partial charge is 0.0541 e. The van der Waals surface area contributed by atoms with Gasteiger partial charge in [0.15, 0.2) is 0 Å². The number of rotatable bonds is 8. The molecular weight excluding hydrogens is 1210 g/mol. The van der Waals surface area contributed by atoms with Crippen molar-refractivity contribution in [2.24, 2.45) is 0 Å². The first-order valence-corrected chi connectivity index (χ1v) is 36.6. The summed E-state index contributed by atoms with van der Waals surface area (Å²) in [6.45, 7) is 9.48. The number of nitrogens with zero attached hydrogens (tertiary/aromatic N) is 2. The first kappa shape index (κ1) is 58.0. The molecule has 2 saturated carbocycles. The van der Waals surface area contributed by atoms with Crippen LogP contribution in [0.1, 0.15) is 146 Å². The van der Waals surface area contributed by atoms with E-state index < -0.39 is 0 Å². The lowest BCUT2D eigenvalue weighted by atomic mass is 9.74. The van der Waals surface area contributed by atoms with Crippen molar-refractivity contribution < 1.29 is 0 Å². The number of hydrogen-bond acceptors (Lipinski definition) is 0. The average Bonchev–Trinajstić information content (AvgIpc) is 1.53. The molecule has 0 amide bonds. The summed E-state index contributed by atoms with van der Waals surface area (Å²) < 4.78 is 4.94. The molecule has 2 heteroatoms. The van der Waals surface area contributed by atoms with Gasteiger partial charge >= 0.3 is 0 Å². The molecule has 0 saturated heterocycles. The molecule has 2 nitrogen and oxygen atoms in total. The fourth-order valence-electron chi connectivity index (χ4n) is 20.2. The molecule has 2 fully saturated rings. The van der Waals surface area contributed by atoms with Crippen LogP contribution < -0.4 is 0 Å². The minimum absolute atomic E-state index is 0.0508. The number of para-hydroxylation sites is 2. The van der Waals surface area contributed by atoms with Crippen LogP contribution in [0, 0.1) is 0 Å². The Labute approximate surface area is 585 Å². The Hall–Kier alpha value is -11.1. The van der Waals surface area contributed by atoms with Crippen molar-refractivity contribution in [3.8, 4) is 78.1 Å². The zero-order valence-electron chi connectivity index (χ0n) is 57.3. The van der Waals surface area contributed by atoms with Gasteiger partial charge in [0.2, 0.25) is 0 Å². The zero-order chi connectivity index (χ0) is 66.4. The molecule has 6 aliphatic rings. The second-order valence-corrected chi connectivity index (χ2v) is 31.0. The van der Waals surface area contributed by atoms with Crippen molar-refractivity contribution in [1.29, 1.82) is 0 Å². The summed E-state index contributed by atoms with van der Waals surface area (Å²) in [5, 5.41) is 5.10. The normalized spacial score (nSPS) is 16.5. The topological polar surface area (TPSA) is 9.86 Å². The number of aromatic nitrogens is 2. The fraction of sp³-hybridized carbons (Fsp3) is 0.163. The Balaban J connectivity index is 0.538. The van der Waals surface area contributed by atoms with Crippen LogP contribution in [0.5, 0.6) is 0 Å². The van der Waals surface area contributed by atoms with E-state index >= 15 is 0 Å². The fourth-order valence-corrected chi connectivity index (χ4v) is 20.2. The number of hydrogen-bond donors (Lipinski definition) is 0.